The van der Waals surface area contributed by atoms with Crippen LogP contribution in [-0.4, -0.2) is 16.0 Å². The Morgan fingerprint density at radius 1 is 1.46 bits per heavy atom. The Hall–Kier alpha value is 0.160. The molecule has 1 aromatic rings. The minimum absolute atomic E-state index is 0. The van der Waals surface area contributed by atoms with E-state index in [0.29, 0.717) is 0 Å². The number of alkyl halides is 2. The van der Waals surface area contributed by atoms with E-state index in [1.165, 1.54) is 7.05 Å². The number of hydrogen-bond acceptors (Lipinski definition) is 3. The van der Waals surface area contributed by atoms with Gasteiger partial charge in [-0.25, -0.2) is 0 Å². The van der Waals surface area contributed by atoms with Crippen LogP contribution in [0.5, 0.6) is 5.75 Å². The molecular formula is C7H11Br2ClN2O. The van der Waals surface area contributed by atoms with Crippen LogP contribution in [-0.2, 0) is 0 Å². The maximum Gasteiger partial charge on any atom is 0.207 e. The standard InChI is InChI=1S/C6H5Br2NO.CH5N.ClH/c7-6(8)10-5-2-1-3-9-4-5;1-2;/h1-4,6H;2H2,1H3;1H. The monoisotopic (exact) mass is 332 g/mol. The predicted molar refractivity (Wildman–Crippen MR) is 63.9 cm³/mol. The number of nitrogens with zero attached hydrogens (tertiary/aromatic N) is 1. The van der Waals surface area contributed by atoms with Crippen molar-refractivity contribution < 1.29 is 4.74 Å². The minimum Gasteiger partial charge on any atom is -0.467 e. The largest absolute Gasteiger partial charge is 0.467 e. The Kier molecular flexibility index (Phi) is 12.3. The summed E-state index contributed by atoms with van der Waals surface area (Å²) in [6.07, 6.45) is 3.35. The first-order valence-corrected chi connectivity index (χ1v) is 5.05. The maximum absolute atomic E-state index is 5.18. The van der Waals surface area contributed by atoms with Gasteiger partial charge in [0.25, 0.3) is 0 Å². The molecule has 1 rings (SSSR count). The molecule has 0 unspecified atom stereocenters. The first kappa shape index (κ1) is 15.6. The van der Waals surface area contributed by atoms with Crippen LogP contribution in [0.1, 0.15) is 0 Å². The molecule has 0 radical (unpaired) electrons. The molecule has 6 heteroatoms. The summed E-state index contributed by atoms with van der Waals surface area (Å²) < 4.78 is 5.04. The summed E-state index contributed by atoms with van der Waals surface area (Å²) in [4.78, 5) is 3.87. The van der Waals surface area contributed by atoms with Crippen molar-refractivity contribution in [1.82, 2.24) is 4.98 Å². The van der Waals surface area contributed by atoms with Crippen LogP contribution in [0.2, 0.25) is 0 Å². The van der Waals surface area contributed by atoms with Gasteiger partial charge in [-0.15, -0.1) is 12.4 Å². The first-order chi connectivity index (χ1) is 5.79. The molecule has 0 aromatic carbocycles. The summed E-state index contributed by atoms with van der Waals surface area (Å²) in [6.45, 7) is 0. The van der Waals surface area contributed by atoms with E-state index in [9.17, 15) is 0 Å². The molecule has 1 aromatic heterocycles. The lowest BCUT2D eigenvalue weighted by Gasteiger charge is -2.04. The van der Waals surface area contributed by atoms with Crippen LogP contribution in [0, 0.1) is 0 Å². The molecule has 0 aliphatic rings. The number of halogens is 3. The number of aromatic nitrogens is 1. The van der Waals surface area contributed by atoms with Gasteiger partial charge in [-0.2, -0.15) is 0 Å². The second-order valence-corrected chi connectivity index (χ2v) is 4.46. The van der Waals surface area contributed by atoms with Crippen LogP contribution < -0.4 is 10.5 Å². The van der Waals surface area contributed by atoms with Gasteiger partial charge in [0.1, 0.15) is 5.75 Å². The average molecular weight is 334 g/mol. The molecule has 0 saturated heterocycles. The zero-order valence-electron chi connectivity index (χ0n) is 6.98. The third kappa shape index (κ3) is 8.49. The van der Waals surface area contributed by atoms with Crippen molar-refractivity contribution in [2.75, 3.05) is 7.05 Å². The Balaban J connectivity index is 0. The third-order valence-electron chi connectivity index (χ3n) is 0.860. The highest BCUT2D eigenvalue weighted by molar-refractivity contribution is 9.24. The summed E-state index contributed by atoms with van der Waals surface area (Å²) >= 11 is 6.36. The van der Waals surface area contributed by atoms with Gasteiger partial charge in [0.2, 0.25) is 3.92 Å². The quantitative estimate of drug-likeness (QED) is 0.846. The highest BCUT2D eigenvalue weighted by atomic mass is 79.9. The van der Waals surface area contributed by atoms with E-state index < -0.39 is 0 Å². The fraction of sp³-hybridized carbons (Fsp3) is 0.286. The molecule has 0 saturated carbocycles. The van der Waals surface area contributed by atoms with Crippen LogP contribution in [0.25, 0.3) is 0 Å². The van der Waals surface area contributed by atoms with Gasteiger partial charge in [0, 0.05) is 6.20 Å². The lowest BCUT2D eigenvalue weighted by molar-refractivity contribution is 0.375. The Bertz CT molecular complexity index is 199. The number of ether oxygens (including phenoxy) is 1. The fourth-order valence-electron chi connectivity index (χ4n) is 0.520. The second-order valence-electron chi connectivity index (χ2n) is 1.57. The molecule has 0 atom stereocenters. The number of hydrogen-bond donors (Lipinski definition) is 1. The van der Waals surface area contributed by atoms with E-state index in [4.69, 9.17) is 4.74 Å². The van der Waals surface area contributed by atoms with Crippen LogP contribution in [0.4, 0.5) is 0 Å². The molecule has 0 aliphatic carbocycles. The Morgan fingerprint density at radius 2 is 2.08 bits per heavy atom. The van der Waals surface area contributed by atoms with E-state index in [0.717, 1.165) is 5.75 Å². The smallest absolute Gasteiger partial charge is 0.207 e. The normalized spacial score (nSPS) is 8.08. The first-order valence-electron chi connectivity index (χ1n) is 3.21. The Labute approximate surface area is 101 Å². The van der Waals surface area contributed by atoms with Gasteiger partial charge in [-0.3, -0.25) is 4.98 Å². The summed E-state index contributed by atoms with van der Waals surface area (Å²) in [6, 6.07) is 3.65. The lowest BCUT2D eigenvalue weighted by Crippen LogP contribution is -1.97. The van der Waals surface area contributed by atoms with E-state index in [1.807, 2.05) is 12.1 Å². The van der Waals surface area contributed by atoms with E-state index >= 15 is 0 Å². The van der Waals surface area contributed by atoms with Gasteiger partial charge < -0.3 is 10.5 Å². The molecule has 0 amide bonds. The molecule has 0 spiro atoms. The van der Waals surface area contributed by atoms with Crippen molar-refractivity contribution in [3.63, 3.8) is 0 Å². The van der Waals surface area contributed by atoms with Gasteiger partial charge in [0.15, 0.2) is 0 Å². The van der Waals surface area contributed by atoms with Crippen LogP contribution >= 0.6 is 44.3 Å². The lowest BCUT2D eigenvalue weighted by atomic mass is 10.5. The molecule has 3 nitrogen and oxygen atoms in total. The summed E-state index contributed by atoms with van der Waals surface area (Å²) in [5, 5.41) is 0. The van der Waals surface area contributed by atoms with E-state index in [2.05, 4.69) is 42.6 Å². The van der Waals surface area contributed by atoms with E-state index in [1.54, 1.807) is 12.4 Å². The van der Waals surface area contributed by atoms with Crippen molar-refractivity contribution in [1.29, 1.82) is 0 Å². The zero-order chi connectivity index (χ0) is 9.40. The maximum atomic E-state index is 5.18. The number of pyridine rings is 1. The summed E-state index contributed by atoms with van der Waals surface area (Å²) in [5.41, 5.74) is 4.50. The minimum atomic E-state index is -0.149. The zero-order valence-corrected chi connectivity index (χ0v) is 11.0. The predicted octanol–water partition coefficient (Wildman–Crippen LogP) is 2.53. The molecule has 0 aliphatic heterocycles. The molecule has 0 fully saturated rings. The van der Waals surface area contributed by atoms with E-state index in [-0.39, 0.29) is 16.3 Å². The molecule has 76 valence electrons. The van der Waals surface area contributed by atoms with Gasteiger partial charge in [0.05, 0.1) is 6.20 Å². The van der Waals surface area contributed by atoms with Crippen molar-refractivity contribution in [3.05, 3.63) is 24.5 Å². The van der Waals surface area contributed by atoms with Crippen molar-refractivity contribution in [2.24, 2.45) is 5.73 Å². The molecule has 1 heterocycles. The molecular weight excluding hydrogens is 323 g/mol. The average Bonchev–Trinajstić information content (AvgIpc) is 2.08. The van der Waals surface area contributed by atoms with Crippen LogP contribution in [0.3, 0.4) is 0 Å². The highest BCUT2D eigenvalue weighted by Gasteiger charge is 1.97. The summed E-state index contributed by atoms with van der Waals surface area (Å²) in [5.74, 6) is 0.737. The van der Waals surface area contributed by atoms with Crippen molar-refractivity contribution >= 4 is 44.3 Å². The highest BCUT2D eigenvalue weighted by Crippen LogP contribution is 2.15. The van der Waals surface area contributed by atoms with Crippen molar-refractivity contribution in [3.8, 4) is 5.75 Å². The van der Waals surface area contributed by atoms with Gasteiger partial charge in [-0.05, 0) is 51.0 Å². The van der Waals surface area contributed by atoms with Gasteiger partial charge in [-0.1, -0.05) is 0 Å². The van der Waals surface area contributed by atoms with Crippen molar-refractivity contribution in [2.45, 2.75) is 3.92 Å². The molecule has 0 bridgehead atoms. The van der Waals surface area contributed by atoms with Gasteiger partial charge >= 0.3 is 0 Å². The molecule has 13 heavy (non-hydrogen) atoms. The third-order valence-corrected chi connectivity index (χ3v) is 1.23. The second kappa shape index (κ2) is 10.2. The van der Waals surface area contributed by atoms with Crippen LogP contribution in [0.15, 0.2) is 24.5 Å². The number of rotatable bonds is 2. The topological polar surface area (TPSA) is 48.1 Å². The summed E-state index contributed by atoms with van der Waals surface area (Å²) in [7, 11) is 1.50. The fourth-order valence-corrected chi connectivity index (χ4v) is 0.951. The number of nitrogens with two attached hydrogens (primary N) is 1. The molecule has 2 N–H and O–H groups in total. The Morgan fingerprint density at radius 3 is 2.46 bits per heavy atom. The SMILES string of the molecule is BrC(Br)Oc1cccnc1.CN.Cl.